The number of carbonyl (C=O) groups is 1. The maximum Gasteiger partial charge on any atom is 0.254 e. The molecule has 23 heavy (non-hydrogen) atoms. The van der Waals surface area contributed by atoms with E-state index in [-0.39, 0.29) is 18.1 Å². The zero-order valence-electron chi connectivity index (χ0n) is 12.7. The molecule has 1 saturated heterocycles. The van der Waals surface area contributed by atoms with E-state index >= 15 is 0 Å². The van der Waals surface area contributed by atoms with E-state index in [1.165, 1.54) is 11.3 Å². The summed E-state index contributed by atoms with van der Waals surface area (Å²) in [5.74, 6) is 0.479. The van der Waals surface area contributed by atoms with Crippen molar-refractivity contribution in [2.24, 2.45) is 5.92 Å². The Morgan fingerprint density at radius 2 is 2.26 bits per heavy atom. The summed E-state index contributed by atoms with van der Waals surface area (Å²) in [6.45, 7) is 0.745. The second-order valence-corrected chi connectivity index (χ2v) is 7.12. The van der Waals surface area contributed by atoms with Gasteiger partial charge in [0.1, 0.15) is 0 Å². The highest BCUT2D eigenvalue weighted by Gasteiger charge is 2.45. The molecular formula is C17H19N3O2S. The van der Waals surface area contributed by atoms with Gasteiger partial charge in [-0.1, -0.05) is 6.07 Å². The van der Waals surface area contributed by atoms with Gasteiger partial charge in [-0.25, -0.2) is 4.98 Å². The highest BCUT2D eigenvalue weighted by atomic mass is 32.1. The van der Waals surface area contributed by atoms with Crippen molar-refractivity contribution in [2.75, 3.05) is 11.9 Å². The largest absolute Gasteiger partial charge is 0.391 e. The molecule has 2 heterocycles. The van der Waals surface area contributed by atoms with Crippen LogP contribution < -0.4 is 5.32 Å². The summed E-state index contributed by atoms with van der Waals surface area (Å²) >= 11 is 1.52. The monoisotopic (exact) mass is 329 g/mol. The lowest BCUT2D eigenvalue weighted by Crippen LogP contribution is -2.42. The van der Waals surface area contributed by atoms with Gasteiger partial charge >= 0.3 is 0 Å². The maximum absolute atomic E-state index is 12.9. The minimum Gasteiger partial charge on any atom is -0.391 e. The predicted molar refractivity (Wildman–Crippen MR) is 90.0 cm³/mol. The van der Waals surface area contributed by atoms with Crippen molar-refractivity contribution in [2.45, 2.75) is 31.4 Å². The summed E-state index contributed by atoms with van der Waals surface area (Å²) in [5.41, 5.74) is 1.51. The zero-order valence-corrected chi connectivity index (χ0v) is 13.5. The van der Waals surface area contributed by atoms with E-state index in [1.54, 1.807) is 6.20 Å². The molecule has 0 unspecified atom stereocenters. The first kappa shape index (κ1) is 14.7. The molecule has 0 spiro atoms. The molecule has 2 fully saturated rings. The van der Waals surface area contributed by atoms with Crippen molar-refractivity contribution >= 4 is 28.1 Å². The third-order valence-corrected chi connectivity index (χ3v) is 5.55. The van der Waals surface area contributed by atoms with Crippen LogP contribution in [0.2, 0.25) is 0 Å². The van der Waals surface area contributed by atoms with Gasteiger partial charge in [0.25, 0.3) is 5.91 Å². The Kier molecular flexibility index (Phi) is 3.79. The third kappa shape index (κ3) is 2.72. The molecule has 1 aliphatic carbocycles. The number of nitrogens with one attached hydrogen (secondary N) is 1. The summed E-state index contributed by atoms with van der Waals surface area (Å²) in [4.78, 5) is 18.9. The number of nitrogens with zero attached hydrogens (tertiary/aromatic N) is 2. The fourth-order valence-corrected chi connectivity index (χ4v) is 4.36. The standard InChI is InChI=1S/C17H19N3O2S/c21-14-5-4-11-6-8-20(15(11)14)16(22)12-2-1-3-13(10-12)19-17-18-7-9-23-17/h1-3,7,9-11,14-15,21H,4-6,8H2,(H,18,19)/t11-,14+,15+/m0/s1. The van der Waals surface area contributed by atoms with Crippen LogP contribution in [0.3, 0.4) is 0 Å². The van der Waals surface area contributed by atoms with Crippen molar-refractivity contribution in [1.29, 1.82) is 0 Å². The van der Waals surface area contributed by atoms with Gasteiger partial charge in [-0.3, -0.25) is 4.79 Å². The van der Waals surface area contributed by atoms with Gasteiger partial charge < -0.3 is 15.3 Å². The number of rotatable bonds is 3. The minimum atomic E-state index is -0.372. The summed E-state index contributed by atoms with van der Waals surface area (Å²) < 4.78 is 0. The molecule has 0 radical (unpaired) electrons. The number of benzene rings is 1. The molecule has 1 aromatic carbocycles. The van der Waals surface area contributed by atoms with Crippen LogP contribution in [0.25, 0.3) is 0 Å². The second-order valence-electron chi connectivity index (χ2n) is 6.23. The van der Waals surface area contributed by atoms with Crippen LogP contribution in [0.5, 0.6) is 0 Å². The first-order valence-corrected chi connectivity index (χ1v) is 8.86. The van der Waals surface area contributed by atoms with Crippen molar-refractivity contribution in [3.8, 4) is 0 Å². The van der Waals surface area contributed by atoms with Crippen molar-refractivity contribution < 1.29 is 9.90 Å². The average molecular weight is 329 g/mol. The number of hydrogen-bond acceptors (Lipinski definition) is 5. The van der Waals surface area contributed by atoms with E-state index in [9.17, 15) is 9.90 Å². The molecule has 0 bridgehead atoms. The number of thiazole rings is 1. The smallest absolute Gasteiger partial charge is 0.254 e. The van der Waals surface area contributed by atoms with Crippen LogP contribution >= 0.6 is 11.3 Å². The van der Waals surface area contributed by atoms with Crippen LogP contribution in [-0.2, 0) is 0 Å². The number of hydrogen-bond donors (Lipinski definition) is 2. The molecular weight excluding hydrogens is 310 g/mol. The van der Waals surface area contributed by atoms with Crippen molar-refractivity contribution in [1.82, 2.24) is 9.88 Å². The molecule has 5 nitrogen and oxygen atoms in total. The summed E-state index contributed by atoms with van der Waals surface area (Å²) in [6, 6.07) is 7.50. The fraction of sp³-hybridized carbons (Fsp3) is 0.412. The first-order chi connectivity index (χ1) is 11.2. The van der Waals surface area contributed by atoms with Gasteiger partial charge in [-0.05, 0) is 43.4 Å². The highest BCUT2D eigenvalue weighted by Crippen LogP contribution is 2.38. The van der Waals surface area contributed by atoms with Crippen molar-refractivity contribution in [3.63, 3.8) is 0 Å². The van der Waals surface area contributed by atoms with Gasteiger partial charge in [0, 0.05) is 29.4 Å². The molecule has 2 aromatic rings. The average Bonchev–Trinajstić information content (AvgIpc) is 3.27. The number of anilines is 2. The molecule has 1 aromatic heterocycles. The van der Waals surface area contributed by atoms with Crippen LogP contribution in [0.1, 0.15) is 29.6 Å². The van der Waals surface area contributed by atoms with E-state index in [1.807, 2.05) is 34.5 Å². The Hall–Kier alpha value is -1.92. The van der Waals surface area contributed by atoms with Gasteiger partial charge in [-0.15, -0.1) is 11.3 Å². The van der Waals surface area contributed by atoms with E-state index in [4.69, 9.17) is 0 Å². The quantitative estimate of drug-likeness (QED) is 0.909. The van der Waals surface area contributed by atoms with E-state index < -0.39 is 0 Å². The van der Waals surface area contributed by atoms with Gasteiger partial charge in [-0.2, -0.15) is 0 Å². The molecule has 3 atom stereocenters. The molecule has 2 N–H and O–H groups in total. The van der Waals surface area contributed by atoms with E-state index in [0.717, 1.165) is 36.6 Å². The fourth-order valence-electron chi connectivity index (χ4n) is 3.81. The lowest BCUT2D eigenvalue weighted by molar-refractivity contribution is 0.0531. The zero-order chi connectivity index (χ0) is 15.8. The van der Waals surface area contributed by atoms with Crippen LogP contribution in [-0.4, -0.2) is 39.6 Å². The summed E-state index contributed by atoms with van der Waals surface area (Å²) in [5, 5.41) is 16.1. The number of carbonyl (C=O) groups excluding carboxylic acids is 1. The lowest BCUT2D eigenvalue weighted by Gasteiger charge is -2.27. The number of amides is 1. The number of aliphatic hydroxyl groups is 1. The number of fused-ring (bicyclic) bond motifs is 1. The molecule has 1 saturated carbocycles. The second kappa shape index (κ2) is 5.94. The summed E-state index contributed by atoms with van der Waals surface area (Å²) in [7, 11) is 0. The van der Waals surface area contributed by atoms with E-state index in [0.29, 0.717) is 11.5 Å². The molecule has 4 rings (SSSR count). The number of aromatic nitrogens is 1. The molecule has 2 aliphatic rings. The van der Waals surface area contributed by atoms with Crippen LogP contribution in [0, 0.1) is 5.92 Å². The number of aliphatic hydroxyl groups excluding tert-OH is 1. The topological polar surface area (TPSA) is 65.5 Å². The summed E-state index contributed by atoms with van der Waals surface area (Å²) in [6.07, 6.45) is 4.22. The SMILES string of the molecule is O=C(c1cccc(Nc2nccs2)c1)N1CC[C@@H]2CC[C@@H](O)[C@@H]21. The minimum absolute atomic E-state index is 0.00178. The molecule has 120 valence electrons. The Bertz CT molecular complexity index is 704. The lowest BCUT2D eigenvalue weighted by atomic mass is 10.0. The van der Waals surface area contributed by atoms with Gasteiger partial charge in [0.05, 0.1) is 12.1 Å². The van der Waals surface area contributed by atoms with Gasteiger partial charge in [0.2, 0.25) is 0 Å². The first-order valence-electron chi connectivity index (χ1n) is 7.98. The predicted octanol–water partition coefficient (Wildman–Crippen LogP) is 2.87. The van der Waals surface area contributed by atoms with Crippen LogP contribution in [0.15, 0.2) is 35.8 Å². The van der Waals surface area contributed by atoms with E-state index in [2.05, 4.69) is 10.3 Å². The highest BCUT2D eigenvalue weighted by molar-refractivity contribution is 7.13. The Labute approximate surface area is 139 Å². The number of likely N-dealkylation sites (tertiary alicyclic amines) is 1. The molecule has 6 heteroatoms. The normalized spacial score (nSPS) is 26.3. The maximum atomic E-state index is 12.9. The molecule has 1 aliphatic heterocycles. The Morgan fingerprint density at radius 3 is 3.09 bits per heavy atom. The molecule has 1 amide bonds. The van der Waals surface area contributed by atoms with Gasteiger partial charge in [0.15, 0.2) is 5.13 Å². The van der Waals surface area contributed by atoms with Crippen molar-refractivity contribution in [3.05, 3.63) is 41.4 Å². The Morgan fingerprint density at radius 1 is 1.35 bits per heavy atom. The van der Waals surface area contributed by atoms with Crippen LogP contribution in [0.4, 0.5) is 10.8 Å². The third-order valence-electron chi connectivity index (χ3n) is 4.87. The Balaban J connectivity index is 1.54.